The second kappa shape index (κ2) is 7.39. The molecule has 0 spiro atoms. The maximum atomic E-state index is 11.4. The lowest BCUT2D eigenvalue weighted by molar-refractivity contribution is -0.143. The summed E-state index contributed by atoms with van der Waals surface area (Å²) in [5, 5.41) is 11.0. The number of carboxylic acid groups (broad SMARTS) is 1. The fourth-order valence-electron chi connectivity index (χ4n) is 1.95. The minimum atomic E-state index is -1.09. The number of amides is 1. The van der Waals surface area contributed by atoms with Crippen LogP contribution in [0.15, 0.2) is 30.6 Å². The molecule has 112 valence electrons. The summed E-state index contributed by atoms with van der Waals surface area (Å²) in [6.45, 7) is 0.549. The third-order valence-electron chi connectivity index (χ3n) is 2.88. The number of benzene rings is 1. The van der Waals surface area contributed by atoms with Crippen LogP contribution < -0.4 is 5.32 Å². The molecule has 0 atom stereocenters. The number of aliphatic carboxylic acids is 1. The number of carbonyl (C=O) groups is 2. The van der Waals surface area contributed by atoms with Crippen LogP contribution in [0.5, 0.6) is 0 Å². The van der Waals surface area contributed by atoms with Gasteiger partial charge in [0, 0.05) is 13.1 Å². The van der Waals surface area contributed by atoms with Crippen molar-refractivity contribution in [3.05, 3.63) is 30.6 Å². The summed E-state index contributed by atoms with van der Waals surface area (Å²) < 4.78 is 6.72. The van der Waals surface area contributed by atoms with Crippen LogP contribution in [-0.4, -0.2) is 46.3 Å². The zero-order valence-corrected chi connectivity index (χ0v) is 11.5. The molecule has 0 unspecified atom stereocenters. The van der Waals surface area contributed by atoms with Crippen LogP contribution in [0.25, 0.3) is 11.0 Å². The van der Waals surface area contributed by atoms with E-state index < -0.39 is 12.6 Å². The fraction of sp³-hybridized carbons (Fsp3) is 0.357. The van der Waals surface area contributed by atoms with Gasteiger partial charge in [-0.25, -0.2) is 9.78 Å². The topological polar surface area (TPSA) is 93.5 Å². The van der Waals surface area contributed by atoms with Crippen LogP contribution in [-0.2, 0) is 20.9 Å². The van der Waals surface area contributed by atoms with Gasteiger partial charge >= 0.3 is 5.97 Å². The van der Waals surface area contributed by atoms with E-state index in [0.29, 0.717) is 6.54 Å². The van der Waals surface area contributed by atoms with Crippen LogP contribution in [0.1, 0.15) is 6.42 Å². The molecule has 7 heteroatoms. The van der Waals surface area contributed by atoms with Crippen molar-refractivity contribution in [2.45, 2.75) is 13.0 Å². The van der Waals surface area contributed by atoms with Gasteiger partial charge in [-0.15, -0.1) is 0 Å². The zero-order chi connectivity index (χ0) is 15.1. The molecular weight excluding hydrogens is 274 g/mol. The van der Waals surface area contributed by atoms with Crippen molar-refractivity contribution < 1.29 is 19.4 Å². The first-order valence-corrected chi connectivity index (χ1v) is 6.63. The molecule has 0 aliphatic carbocycles. The first kappa shape index (κ1) is 15.0. The molecule has 0 saturated heterocycles. The Balaban J connectivity index is 1.68. The van der Waals surface area contributed by atoms with Crippen LogP contribution in [0, 0.1) is 0 Å². The highest BCUT2D eigenvalue weighted by atomic mass is 16.5. The number of nitrogens with one attached hydrogen (secondary N) is 1. The Bertz CT molecular complexity index is 623. The fourth-order valence-corrected chi connectivity index (χ4v) is 1.95. The molecule has 2 N–H and O–H groups in total. The molecule has 2 rings (SSSR count). The van der Waals surface area contributed by atoms with E-state index in [0.717, 1.165) is 24.0 Å². The van der Waals surface area contributed by atoms with Gasteiger partial charge < -0.3 is 19.7 Å². The summed E-state index contributed by atoms with van der Waals surface area (Å²) in [7, 11) is 0. The van der Waals surface area contributed by atoms with Crippen LogP contribution in [0.4, 0.5) is 0 Å². The van der Waals surface area contributed by atoms with Crippen molar-refractivity contribution in [3.63, 3.8) is 0 Å². The zero-order valence-electron chi connectivity index (χ0n) is 11.5. The summed E-state index contributed by atoms with van der Waals surface area (Å²) in [4.78, 5) is 25.9. The molecule has 0 saturated carbocycles. The highest BCUT2D eigenvalue weighted by molar-refractivity contribution is 5.77. The van der Waals surface area contributed by atoms with Crippen LogP contribution in [0.3, 0.4) is 0 Å². The molecule has 0 radical (unpaired) electrons. The summed E-state index contributed by atoms with van der Waals surface area (Å²) in [5.41, 5.74) is 2.01. The monoisotopic (exact) mass is 291 g/mol. The highest BCUT2D eigenvalue weighted by Crippen LogP contribution is 2.11. The van der Waals surface area contributed by atoms with E-state index in [9.17, 15) is 9.59 Å². The van der Waals surface area contributed by atoms with Crippen molar-refractivity contribution in [1.82, 2.24) is 14.9 Å². The second-order valence-corrected chi connectivity index (χ2v) is 4.52. The summed E-state index contributed by atoms with van der Waals surface area (Å²) in [6.07, 6.45) is 2.54. The number of hydrogen-bond acceptors (Lipinski definition) is 4. The Labute approximate surface area is 121 Å². The normalized spacial score (nSPS) is 10.7. The first-order chi connectivity index (χ1) is 10.2. The predicted octanol–water partition coefficient (Wildman–Crippen LogP) is 0.644. The Morgan fingerprint density at radius 2 is 2.10 bits per heavy atom. The van der Waals surface area contributed by atoms with E-state index in [1.807, 2.05) is 28.8 Å². The van der Waals surface area contributed by atoms with E-state index in [-0.39, 0.29) is 12.5 Å². The standard InChI is InChI=1S/C14H17N3O4/c18-13(8-21-9-14(19)20)15-6-3-7-17-10-16-11-4-1-2-5-12(11)17/h1-2,4-5,10H,3,6-9H2,(H,15,18)(H,19,20). The number of imidazole rings is 1. The third-order valence-corrected chi connectivity index (χ3v) is 2.88. The number of nitrogens with zero attached hydrogens (tertiary/aromatic N) is 2. The Morgan fingerprint density at radius 1 is 1.29 bits per heavy atom. The lowest BCUT2D eigenvalue weighted by Crippen LogP contribution is -2.29. The van der Waals surface area contributed by atoms with Crippen molar-refractivity contribution >= 4 is 22.9 Å². The minimum absolute atomic E-state index is 0.236. The molecule has 2 aromatic rings. The Kier molecular flexibility index (Phi) is 5.28. The number of aryl methyl sites for hydroxylation is 1. The molecule has 0 fully saturated rings. The smallest absolute Gasteiger partial charge is 0.329 e. The van der Waals surface area contributed by atoms with Gasteiger partial charge in [-0.2, -0.15) is 0 Å². The molecular formula is C14H17N3O4. The second-order valence-electron chi connectivity index (χ2n) is 4.52. The molecule has 7 nitrogen and oxygen atoms in total. The quantitative estimate of drug-likeness (QED) is 0.696. The SMILES string of the molecule is O=C(O)COCC(=O)NCCCn1cnc2ccccc21. The van der Waals surface area contributed by atoms with Gasteiger partial charge in [0.15, 0.2) is 0 Å². The maximum Gasteiger partial charge on any atom is 0.329 e. The van der Waals surface area contributed by atoms with E-state index in [4.69, 9.17) is 9.84 Å². The van der Waals surface area contributed by atoms with Crippen molar-refractivity contribution in [1.29, 1.82) is 0 Å². The van der Waals surface area contributed by atoms with Crippen molar-refractivity contribution in [3.8, 4) is 0 Å². The average Bonchev–Trinajstić information content (AvgIpc) is 2.86. The molecule has 0 aliphatic rings. The molecule has 1 amide bonds. The molecule has 21 heavy (non-hydrogen) atoms. The van der Waals surface area contributed by atoms with Gasteiger partial charge in [-0.1, -0.05) is 12.1 Å². The van der Waals surface area contributed by atoms with E-state index >= 15 is 0 Å². The Hall–Kier alpha value is -2.41. The number of para-hydroxylation sites is 2. The largest absolute Gasteiger partial charge is 0.480 e. The minimum Gasteiger partial charge on any atom is -0.480 e. The van der Waals surface area contributed by atoms with Crippen molar-refractivity contribution in [2.24, 2.45) is 0 Å². The lowest BCUT2D eigenvalue weighted by atomic mass is 10.3. The summed E-state index contributed by atoms with van der Waals surface area (Å²) >= 11 is 0. The number of ether oxygens (including phenoxy) is 1. The maximum absolute atomic E-state index is 11.4. The summed E-state index contributed by atoms with van der Waals surface area (Å²) in [6, 6.07) is 7.85. The Morgan fingerprint density at radius 3 is 2.90 bits per heavy atom. The van der Waals surface area contributed by atoms with Crippen molar-refractivity contribution in [2.75, 3.05) is 19.8 Å². The number of fused-ring (bicyclic) bond motifs is 1. The van der Waals surface area contributed by atoms with Gasteiger partial charge in [0.25, 0.3) is 0 Å². The van der Waals surface area contributed by atoms with Crippen LogP contribution in [0.2, 0.25) is 0 Å². The number of carbonyl (C=O) groups excluding carboxylic acids is 1. The van der Waals surface area contributed by atoms with E-state index in [1.54, 1.807) is 6.33 Å². The van der Waals surface area contributed by atoms with E-state index in [1.165, 1.54) is 0 Å². The molecule has 1 heterocycles. The molecule has 1 aromatic heterocycles. The van der Waals surface area contributed by atoms with Gasteiger partial charge in [0.1, 0.15) is 13.2 Å². The van der Waals surface area contributed by atoms with Gasteiger partial charge in [-0.3, -0.25) is 4.79 Å². The number of aromatic nitrogens is 2. The summed E-state index contributed by atoms with van der Waals surface area (Å²) in [5.74, 6) is -1.40. The highest BCUT2D eigenvalue weighted by Gasteiger charge is 2.04. The lowest BCUT2D eigenvalue weighted by Gasteiger charge is -2.06. The van der Waals surface area contributed by atoms with Gasteiger partial charge in [0.2, 0.25) is 5.91 Å². The third kappa shape index (κ3) is 4.57. The van der Waals surface area contributed by atoms with Crippen LogP contribution >= 0.6 is 0 Å². The molecule has 0 aliphatic heterocycles. The average molecular weight is 291 g/mol. The van der Waals surface area contributed by atoms with E-state index in [2.05, 4.69) is 10.3 Å². The number of hydrogen-bond donors (Lipinski definition) is 2. The first-order valence-electron chi connectivity index (χ1n) is 6.63. The number of rotatable bonds is 8. The molecule has 0 bridgehead atoms. The number of carboxylic acids is 1. The predicted molar refractivity (Wildman–Crippen MR) is 75.8 cm³/mol. The molecule has 1 aromatic carbocycles. The van der Waals surface area contributed by atoms with Gasteiger partial charge in [0.05, 0.1) is 17.4 Å². The van der Waals surface area contributed by atoms with Gasteiger partial charge in [-0.05, 0) is 18.6 Å².